The van der Waals surface area contributed by atoms with Crippen LogP contribution in [0.5, 0.6) is 0 Å². The molecule has 0 aromatic heterocycles. The van der Waals surface area contributed by atoms with Gasteiger partial charge in [0, 0.05) is 13.2 Å². The number of rotatable bonds is 1. The van der Waals surface area contributed by atoms with Crippen LogP contribution < -0.4 is 5.73 Å². The first kappa shape index (κ1) is 9.21. The van der Waals surface area contributed by atoms with Crippen LogP contribution >= 0.6 is 12.4 Å². The minimum absolute atomic E-state index is 0. The number of halogens is 1. The molecule has 0 amide bonds. The Labute approximate surface area is 62.2 Å². The molecule has 56 valence electrons. The highest BCUT2D eigenvalue weighted by atomic mass is 35.5. The highest BCUT2D eigenvalue weighted by molar-refractivity contribution is 5.85. The van der Waals surface area contributed by atoms with Gasteiger partial charge in [-0.1, -0.05) is 0 Å². The zero-order valence-electron chi connectivity index (χ0n) is 5.51. The summed E-state index contributed by atoms with van der Waals surface area (Å²) in [5.74, 6) is 0. The zero-order chi connectivity index (χ0) is 5.82. The van der Waals surface area contributed by atoms with Crippen molar-refractivity contribution in [2.45, 2.75) is 25.4 Å². The second kappa shape index (κ2) is 5.03. The fraction of sp³-hybridized carbons (Fsp3) is 1.00. The second-order valence-electron chi connectivity index (χ2n) is 2.22. The van der Waals surface area contributed by atoms with Gasteiger partial charge in [0.2, 0.25) is 0 Å². The van der Waals surface area contributed by atoms with E-state index in [4.69, 9.17) is 10.5 Å². The Kier molecular flexibility index (Phi) is 5.15. The Hall–Kier alpha value is 0.210. The molecule has 1 saturated heterocycles. The molecular weight excluding hydrogens is 138 g/mol. The van der Waals surface area contributed by atoms with Crippen LogP contribution in [0.4, 0.5) is 0 Å². The number of nitrogens with two attached hydrogens (primary N) is 1. The van der Waals surface area contributed by atoms with Crippen LogP contribution in [-0.2, 0) is 4.74 Å². The van der Waals surface area contributed by atoms with Gasteiger partial charge in [-0.25, -0.2) is 0 Å². The van der Waals surface area contributed by atoms with Crippen LogP contribution in [0.2, 0.25) is 0 Å². The summed E-state index contributed by atoms with van der Waals surface area (Å²) < 4.78 is 5.30. The van der Waals surface area contributed by atoms with Gasteiger partial charge in [0.15, 0.2) is 0 Å². The van der Waals surface area contributed by atoms with Gasteiger partial charge in [-0.05, 0) is 19.3 Å². The average Bonchev–Trinajstić information content (AvgIpc) is 1.90. The summed E-state index contributed by atoms with van der Waals surface area (Å²) in [6.45, 7) is 1.61. The fourth-order valence-electron chi connectivity index (χ4n) is 0.993. The molecule has 1 atom stereocenters. The molecule has 0 radical (unpaired) electrons. The van der Waals surface area contributed by atoms with Crippen molar-refractivity contribution in [1.82, 2.24) is 0 Å². The molecule has 0 unspecified atom stereocenters. The normalized spacial score (nSPS) is 27.0. The number of ether oxygens (including phenoxy) is 1. The van der Waals surface area contributed by atoms with Gasteiger partial charge < -0.3 is 10.5 Å². The van der Waals surface area contributed by atoms with E-state index in [2.05, 4.69) is 0 Å². The van der Waals surface area contributed by atoms with Crippen molar-refractivity contribution in [1.29, 1.82) is 0 Å². The Morgan fingerprint density at radius 2 is 2.22 bits per heavy atom. The molecule has 0 spiro atoms. The first-order chi connectivity index (χ1) is 3.93. The first-order valence-corrected chi connectivity index (χ1v) is 3.25. The molecule has 1 fully saturated rings. The van der Waals surface area contributed by atoms with Gasteiger partial charge in [0.1, 0.15) is 0 Å². The van der Waals surface area contributed by atoms with E-state index in [0.717, 1.165) is 13.0 Å². The summed E-state index contributed by atoms with van der Waals surface area (Å²) in [7, 11) is 0. The molecule has 0 saturated carbocycles. The molecule has 0 aromatic rings. The van der Waals surface area contributed by atoms with Gasteiger partial charge in [0.05, 0.1) is 6.10 Å². The summed E-state index contributed by atoms with van der Waals surface area (Å²) in [6.07, 6.45) is 4.04. The van der Waals surface area contributed by atoms with E-state index in [9.17, 15) is 0 Å². The van der Waals surface area contributed by atoms with Crippen molar-refractivity contribution in [3.8, 4) is 0 Å². The van der Waals surface area contributed by atoms with E-state index in [1.165, 1.54) is 12.8 Å². The topological polar surface area (TPSA) is 35.2 Å². The van der Waals surface area contributed by atoms with E-state index in [0.29, 0.717) is 12.6 Å². The molecule has 9 heavy (non-hydrogen) atoms. The lowest BCUT2D eigenvalue weighted by Gasteiger charge is -2.20. The van der Waals surface area contributed by atoms with E-state index >= 15 is 0 Å². The van der Waals surface area contributed by atoms with Crippen LogP contribution in [0.25, 0.3) is 0 Å². The molecule has 0 aliphatic carbocycles. The molecule has 3 heteroatoms. The Balaban J connectivity index is 0.000000640. The molecule has 0 aromatic carbocycles. The van der Waals surface area contributed by atoms with Crippen molar-refractivity contribution in [3.63, 3.8) is 0 Å². The molecule has 1 rings (SSSR count). The predicted molar refractivity (Wildman–Crippen MR) is 39.9 cm³/mol. The van der Waals surface area contributed by atoms with E-state index in [-0.39, 0.29) is 12.4 Å². The summed E-state index contributed by atoms with van der Waals surface area (Å²) >= 11 is 0. The standard InChI is InChI=1S/C6H13NO.ClH/c7-5-6-3-1-2-4-8-6;/h6H,1-5,7H2;1H/t6-;/m0./s1. The third-order valence-corrected chi connectivity index (χ3v) is 1.54. The van der Waals surface area contributed by atoms with Gasteiger partial charge in [0.25, 0.3) is 0 Å². The van der Waals surface area contributed by atoms with Crippen LogP contribution in [0.3, 0.4) is 0 Å². The maximum Gasteiger partial charge on any atom is 0.0697 e. The molecular formula is C6H14ClNO. The molecule has 2 nitrogen and oxygen atoms in total. The van der Waals surface area contributed by atoms with Gasteiger partial charge in [-0.3, -0.25) is 0 Å². The van der Waals surface area contributed by atoms with Crippen LogP contribution in [0, 0.1) is 0 Å². The van der Waals surface area contributed by atoms with Gasteiger partial charge in [-0.2, -0.15) is 0 Å². The molecule has 1 heterocycles. The maximum atomic E-state index is 5.38. The van der Waals surface area contributed by atoms with Crippen LogP contribution in [-0.4, -0.2) is 19.3 Å². The lowest BCUT2D eigenvalue weighted by atomic mass is 10.1. The van der Waals surface area contributed by atoms with Crippen molar-refractivity contribution >= 4 is 12.4 Å². The zero-order valence-corrected chi connectivity index (χ0v) is 6.32. The molecule has 1 aliphatic heterocycles. The fourth-order valence-corrected chi connectivity index (χ4v) is 0.993. The lowest BCUT2D eigenvalue weighted by molar-refractivity contribution is 0.0222. The summed E-state index contributed by atoms with van der Waals surface area (Å²) in [4.78, 5) is 0. The maximum absolute atomic E-state index is 5.38. The van der Waals surface area contributed by atoms with Crippen molar-refractivity contribution < 1.29 is 4.74 Å². The highest BCUT2D eigenvalue weighted by Gasteiger charge is 2.10. The minimum atomic E-state index is 0. The average molecular weight is 152 g/mol. The van der Waals surface area contributed by atoms with Crippen LogP contribution in [0.15, 0.2) is 0 Å². The first-order valence-electron chi connectivity index (χ1n) is 3.25. The lowest BCUT2D eigenvalue weighted by Crippen LogP contribution is -2.27. The van der Waals surface area contributed by atoms with E-state index in [1.807, 2.05) is 0 Å². The second-order valence-corrected chi connectivity index (χ2v) is 2.22. The Bertz CT molecular complexity index is 64.1. The quantitative estimate of drug-likeness (QED) is 0.606. The largest absolute Gasteiger partial charge is 0.377 e. The monoisotopic (exact) mass is 151 g/mol. The third-order valence-electron chi connectivity index (χ3n) is 1.54. The van der Waals surface area contributed by atoms with Gasteiger partial charge in [-0.15, -0.1) is 12.4 Å². The van der Waals surface area contributed by atoms with Crippen LogP contribution in [0.1, 0.15) is 19.3 Å². The minimum Gasteiger partial charge on any atom is -0.377 e. The summed E-state index contributed by atoms with van der Waals surface area (Å²) in [5.41, 5.74) is 5.38. The predicted octanol–water partition coefficient (Wildman–Crippen LogP) is 0.936. The molecule has 1 aliphatic rings. The van der Waals surface area contributed by atoms with Gasteiger partial charge >= 0.3 is 0 Å². The third kappa shape index (κ3) is 3.04. The number of hydrogen-bond donors (Lipinski definition) is 1. The van der Waals surface area contributed by atoms with Crippen molar-refractivity contribution in [3.05, 3.63) is 0 Å². The smallest absolute Gasteiger partial charge is 0.0697 e. The van der Waals surface area contributed by atoms with Crippen molar-refractivity contribution in [2.75, 3.05) is 13.2 Å². The van der Waals surface area contributed by atoms with E-state index < -0.39 is 0 Å². The molecule has 2 N–H and O–H groups in total. The molecule has 0 bridgehead atoms. The summed E-state index contributed by atoms with van der Waals surface area (Å²) in [5, 5.41) is 0. The highest BCUT2D eigenvalue weighted by Crippen LogP contribution is 2.10. The Morgan fingerprint density at radius 3 is 2.56 bits per heavy atom. The SMILES string of the molecule is Cl.NC[C@@H]1CCCCO1. The number of hydrogen-bond acceptors (Lipinski definition) is 2. The van der Waals surface area contributed by atoms with Crippen molar-refractivity contribution in [2.24, 2.45) is 5.73 Å². The summed E-state index contributed by atoms with van der Waals surface area (Å²) in [6, 6.07) is 0. The van der Waals surface area contributed by atoms with E-state index in [1.54, 1.807) is 0 Å². The Morgan fingerprint density at radius 1 is 1.44 bits per heavy atom.